The quantitative estimate of drug-likeness (QED) is 0.911. The van der Waals surface area contributed by atoms with Crippen LogP contribution >= 0.6 is 0 Å². The zero-order valence-corrected chi connectivity index (χ0v) is 13.7. The third kappa shape index (κ3) is 2.56. The van der Waals surface area contributed by atoms with Crippen molar-refractivity contribution < 1.29 is 4.79 Å². The summed E-state index contributed by atoms with van der Waals surface area (Å²) < 4.78 is 0. The zero-order chi connectivity index (χ0) is 16.5. The number of hydrogen-bond acceptors (Lipinski definition) is 3. The number of fused-ring (bicyclic) bond motifs is 3. The minimum atomic E-state index is -0.161. The molecule has 24 heavy (non-hydrogen) atoms. The molecule has 5 heteroatoms. The number of carbonyl (C=O) groups is 1. The number of aromatic nitrogens is 3. The van der Waals surface area contributed by atoms with Crippen LogP contribution in [-0.2, 0) is 12.8 Å². The maximum Gasteiger partial charge on any atom is 0.276 e. The average Bonchev–Trinajstić information content (AvgIpc) is 3.07. The number of amides is 1. The molecule has 2 N–H and O–H groups in total. The molecule has 2 heterocycles. The first-order valence-corrected chi connectivity index (χ1v) is 8.47. The van der Waals surface area contributed by atoms with Gasteiger partial charge in [-0.05, 0) is 49.8 Å². The monoisotopic (exact) mass is 320 g/mol. The van der Waals surface area contributed by atoms with Gasteiger partial charge in [0.1, 0.15) is 0 Å². The first kappa shape index (κ1) is 14.9. The van der Waals surface area contributed by atoms with Gasteiger partial charge >= 0.3 is 0 Å². The molecule has 0 fully saturated rings. The van der Waals surface area contributed by atoms with Crippen molar-refractivity contribution in [1.82, 2.24) is 20.5 Å². The molecule has 0 atom stereocenters. The van der Waals surface area contributed by atoms with E-state index >= 15 is 0 Å². The Morgan fingerprint density at radius 2 is 2.17 bits per heavy atom. The Bertz CT molecular complexity index is 860. The van der Waals surface area contributed by atoms with E-state index in [0.717, 1.165) is 54.8 Å². The molecule has 2 aromatic rings. The Kier molecular flexibility index (Phi) is 3.76. The predicted molar refractivity (Wildman–Crippen MR) is 92.4 cm³/mol. The van der Waals surface area contributed by atoms with Crippen molar-refractivity contribution in [3.05, 3.63) is 58.7 Å². The highest BCUT2D eigenvalue weighted by Crippen LogP contribution is 2.33. The number of H-pyrrole nitrogens is 1. The molecular weight excluding hydrogens is 300 g/mol. The van der Waals surface area contributed by atoms with Gasteiger partial charge in [0.2, 0.25) is 0 Å². The van der Waals surface area contributed by atoms with Crippen LogP contribution in [0.1, 0.15) is 47.9 Å². The minimum absolute atomic E-state index is 0.161. The molecule has 0 aliphatic heterocycles. The second kappa shape index (κ2) is 6.07. The number of pyridine rings is 1. The molecule has 0 saturated heterocycles. The van der Waals surface area contributed by atoms with Crippen molar-refractivity contribution in [2.24, 2.45) is 0 Å². The first-order valence-electron chi connectivity index (χ1n) is 8.47. The number of allylic oxidation sites excluding steroid dienone is 4. The van der Waals surface area contributed by atoms with E-state index in [4.69, 9.17) is 0 Å². The fraction of sp³-hybridized carbons (Fsp3) is 0.316. The lowest BCUT2D eigenvalue weighted by Gasteiger charge is -2.17. The van der Waals surface area contributed by atoms with Crippen LogP contribution in [0.15, 0.2) is 41.8 Å². The SMILES string of the molecule is CCC1=CC=C(NC(=O)c2n[nH]c3c2-c2ncccc2CC3)CC1. The maximum atomic E-state index is 12.7. The Hall–Kier alpha value is -2.69. The van der Waals surface area contributed by atoms with E-state index in [2.05, 4.69) is 39.6 Å². The van der Waals surface area contributed by atoms with Gasteiger partial charge in [-0.15, -0.1) is 0 Å². The van der Waals surface area contributed by atoms with Crippen molar-refractivity contribution in [3.8, 4) is 11.3 Å². The Balaban J connectivity index is 1.63. The van der Waals surface area contributed by atoms with Gasteiger partial charge in [-0.25, -0.2) is 0 Å². The lowest BCUT2D eigenvalue weighted by Crippen LogP contribution is -2.25. The molecule has 122 valence electrons. The van der Waals surface area contributed by atoms with E-state index in [-0.39, 0.29) is 5.91 Å². The Morgan fingerprint density at radius 3 is 2.96 bits per heavy atom. The highest BCUT2D eigenvalue weighted by atomic mass is 16.2. The summed E-state index contributed by atoms with van der Waals surface area (Å²) in [7, 11) is 0. The molecule has 2 aromatic heterocycles. The fourth-order valence-electron chi connectivity index (χ4n) is 3.39. The van der Waals surface area contributed by atoms with Crippen LogP contribution in [0.3, 0.4) is 0 Å². The molecule has 0 radical (unpaired) electrons. The van der Waals surface area contributed by atoms with Crippen molar-refractivity contribution in [2.75, 3.05) is 0 Å². The highest BCUT2D eigenvalue weighted by molar-refractivity contribution is 6.00. The summed E-state index contributed by atoms with van der Waals surface area (Å²) in [5.74, 6) is -0.161. The van der Waals surface area contributed by atoms with Gasteiger partial charge < -0.3 is 5.32 Å². The van der Waals surface area contributed by atoms with Crippen molar-refractivity contribution in [2.45, 2.75) is 39.0 Å². The van der Waals surface area contributed by atoms with Crippen LogP contribution in [0.2, 0.25) is 0 Å². The van der Waals surface area contributed by atoms with Gasteiger partial charge in [-0.1, -0.05) is 24.6 Å². The standard InChI is InChI=1S/C19H20N4O/c1-2-12-5-8-14(9-6-12)21-19(24)18-16-15(22-23-18)10-7-13-4-3-11-20-17(13)16/h3-5,8,11H,2,6-7,9-10H2,1H3,(H,21,24)(H,22,23). The predicted octanol–water partition coefficient (Wildman–Crippen LogP) is 3.31. The largest absolute Gasteiger partial charge is 0.324 e. The second-order valence-electron chi connectivity index (χ2n) is 6.26. The molecule has 4 rings (SSSR count). The van der Waals surface area contributed by atoms with Crippen LogP contribution < -0.4 is 5.32 Å². The lowest BCUT2D eigenvalue weighted by atomic mass is 9.92. The van der Waals surface area contributed by atoms with Gasteiger partial charge in [0.15, 0.2) is 5.69 Å². The maximum absolute atomic E-state index is 12.7. The van der Waals surface area contributed by atoms with Crippen LogP contribution in [0.4, 0.5) is 0 Å². The number of carbonyl (C=O) groups excluding carboxylic acids is 1. The number of aryl methyl sites for hydroxylation is 2. The van der Waals surface area contributed by atoms with Gasteiger partial charge in [0.05, 0.1) is 11.3 Å². The van der Waals surface area contributed by atoms with E-state index in [1.54, 1.807) is 6.20 Å². The Morgan fingerprint density at radius 1 is 1.25 bits per heavy atom. The van der Waals surface area contributed by atoms with E-state index < -0.39 is 0 Å². The highest BCUT2D eigenvalue weighted by Gasteiger charge is 2.27. The number of hydrogen-bond donors (Lipinski definition) is 2. The van der Waals surface area contributed by atoms with Crippen molar-refractivity contribution in [1.29, 1.82) is 0 Å². The zero-order valence-electron chi connectivity index (χ0n) is 13.7. The van der Waals surface area contributed by atoms with Gasteiger partial charge in [0, 0.05) is 17.6 Å². The minimum Gasteiger partial charge on any atom is -0.324 e. The number of rotatable bonds is 3. The van der Waals surface area contributed by atoms with Crippen LogP contribution in [-0.4, -0.2) is 21.1 Å². The van der Waals surface area contributed by atoms with E-state index in [1.807, 2.05) is 12.1 Å². The lowest BCUT2D eigenvalue weighted by molar-refractivity contribution is 0.0960. The number of nitrogens with zero attached hydrogens (tertiary/aromatic N) is 2. The summed E-state index contributed by atoms with van der Waals surface area (Å²) in [5, 5.41) is 10.3. The van der Waals surface area contributed by atoms with Crippen molar-refractivity contribution in [3.63, 3.8) is 0 Å². The van der Waals surface area contributed by atoms with Gasteiger partial charge in [-0.2, -0.15) is 5.10 Å². The number of nitrogens with one attached hydrogen (secondary N) is 2. The molecule has 0 bridgehead atoms. The molecule has 0 unspecified atom stereocenters. The third-order valence-corrected chi connectivity index (χ3v) is 4.79. The van der Waals surface area contributed by atoms with Crippen LogP contribution in [0, 0.1) is 0 Å². The molecular formula is C19H20N4O. The Labute approximate surface area is 140 Å². The number of aromatic amines is 1. The summed E-state index contributed by atoms with van der Waals surface area (Å²) >= 11 is 0. The summed E-state index contributed by atoms with van der Waals surface area (Å²) in [6.07, 6.45) is 10.6. The summed E-state index contributed by atoms with van der Waals surface area (Å²) in [5.41, 5.74) is 6.72. The molecule has 5 nitrogen and oxygen atoms in total. The molecule has 0 saturated carbocycles. The normalized spacial score (nSPS) is 15.9. The smallest absolute Gasteiger partial charge is 0.276 e. The first-order chi connectivity index (χ1) is 11.8. The molecule has 2 aliphatic rings. The van der Waals surface area contributed by atoms with Gasteiger partial charge in [-0.3, -0.25) is 14.9 Å². The van der Waals surface area contributed by atoms with E-state index in [9.17, 15) is 4.79 Å². The molecule has 0 aromatic carbocycles. The molecule has 2 aliphatic carbocycles. The summed E-state index contributed by atoms with van der Waals surface area (Å²) in [4.78, 5) is 17.2. The van der Waals surface area contributed by atoms with Crippen LogP contribution in [0.25, 0.3) is 11.3 Å². The van der Waals surface area contributed by atoms with Crippen LogP contribution in [0.5, 0.6) is 0 Å². The summed E-state index contributed by atoms with van der Waals surface area (Å²) in [6, 6.07) is 4.01. The topological polar surface area (TPSA) is 70.7 Å². The van der Waals surface area contributed by atoms with Gasteiger partial charge in [0.25, 0.3) is 5.91 Å². The molecule has 1 amide bonds. The third-order valence-electron chi connectivity index (χ3n) is 4.79. The van der Waals surface area contributed by atoms with E-state index in [1.165, 1.54) is 11.1 Å². The molecule has 0 spiro atoms. The average molecular weight is 320 g/mol. The van der Waals surface area contributed by atoms with Crippen molar-refractivity contribution >= 4 is 5.91 Å². The second-order valence-corrected chi connectivity index (χ2v) is 6.26. The summed E-state index contributed by atoms with van der Waals surface area (Å²) in [6.45, 7) is 2.16. The fourth-order valence-corrected chi connectivity index (χ4v) is 3.39. The van der Waals surface area contributed by atoms with E-state index in [0.29, 0.717) is 5.69 Å².